The molecule has 5 heterocycles. The maximum absolute atomic E-state index is 5.89. The van der Waals surface area contributed by atoms with Crippen molar-refractivity contribution in [1.29, 1.82) is 0 Å². The number of nitrogens with one attached hydrogen (secondary N) is 1. The van der Waals surface area contributed by atoms with Gasteiger partial charge in [-0.1, -0.05) is 36.4 Å². The van der Waals surface area contributed by atoms with Crippen LogP contribution in [0.25, 0.3) is 5.65 Å². The summed E-state index contributed by atoms with van der Waals surface area (Å²) in [5.74, 6) is 0.678. The Balaban J connectivity index is 0.00000122. The van der Waals surface area contributed by atoms with Gasteiger partial charge in [-0.25, -0.2) is 4.98 Å². The third-order valence-electron chi connectivity index (χ3n) is 7.87. The Kier molecular flexibility index (Phi) is 6.85. The number of pyridine rings is 1. The Labute approximate surface area is 202 Å². The first kappa shape index (κ1) is 23.5. The molecule has 3 aliphatic heterocycles. The van der Waals surface area contributed by atoms with Gasteiger partial charge in [0.25, 0.3) is 0 Å². The SMILES string of the molecule is Cl.Cl.c1ccc(C2(c3cn4ccccc4n3)CCN(C[C@]34CNC[C@H]3COC4)CC2)cc1. The first-order valence-corrected chi connectivity index (χ1v) is 11.3. The van der Waals surface area contributed by atoms with E-state index in [4.69, 9.17) is 9.72 Å². The lowest BCUT2D eigenvalue weighted by atomic mass is 9.70. The van der Waals surface area contributed by atoms with E-state index in [1.165, 1.54) is 11.3 Å². The molecule has 0 amide bonds. The summed E-state index contributed by atoms with van der Waals surface area (Å²) < 4.78 is 8.05. The molecular weight excluding hydrogens is 443 g/mol. The topological polar surface area (TPSA) is 41.8 Å². The zero-order chi connectivity index (χ0) is 20.0. The second kappa shape index (κ2) is 9.32. The van der Waals surface area contributed by atoms with E-state index in [0.29, 0.717) is 11.3 Å². The van der Waals surface area contributed by atoms with Crippen LogP contribution in [-0.4, -0.2) is 60.2 Å². The minimum absolute atomic E-state index is 0. The molecule has 7 heteroatoms. The molecule has 2 aromatic heterocycles. The molecule has 172 valence electrons. The van der Waals surface area contributed by atoms with Crippen LogP contribution in [0.5, 0.6) is 0 Å². The Morgan fingerprint density at radius 2 is 1.81 bits per heavy atom. The highest BCUT2D eigenvalue weighted by molar-refractivity contribution is 5.85. The molecule has 1 aromatic carbocycles. The van der Waals surface area contributed by atoms with Gasteiger partial charge in [-0.15, -0.1) is 24.8 Å². The smallest absolute Gasteiger partial charge is 0.137 e. The summed E-state index contributed by atoms with van der Waals surface area (Å²) in [6, 6.07) is 17.3. The van der Waals surface area contributed by atoms with Crippen molar-refractivity contribution in [2.24, 2.45) is 11.3 Å². The van der Waals surface area contributed by atoms with Crippen LogP contribution in [0.15, 0.2) is 60.9 Å². The predicted octanol–water partition coefficient (Wildman–Crippen LogP) is 3.80. The highest BCUT2D eigenvalue weighted by Crippen LogP contribution is 2.43. The number of piperidine rings is 1. The first-order valence-electron chi connectivity index (χ1n) is 11.3. The van der Waals surface area contributed by atoms with E-state index in [2.05, 4.69) is 75.5 Å². The van der Waals surface area contributed by atoms with E-state index in [9.17, 15) is 0 Å². The predicted molar refractivity (Wildman–Crippen MR) is 132 cm³/mol. The lowest BCUT2D eigenvalue weighted by molar-refractivity contribution is 0.0880. The van der Waals surface area contributed by atoms with Crippen molar-refractivity contribution < 1.29 is 4.74 Å². The Bertz CT molecular complexity index is 990. The lowest BCUT2D eigenvalue weighted by Gasteiger charge is -2.44. The molecule has 0 aliphatic carbocycles. The number of hydrogen-bond acceptors (Lipinski definition) is 4. The molecule has 3 saturated heterocycles. The van der Waals surface area contributed by atoms with E-state index in [0.717, 1.165) is 64.4 Å². The third-order valence-corrected chi connectivity index (χ3v) is 7.87. The van der Waals surface area contributed by atoms with Crippen LogP contribution in [0.3, 0.4) is 0 Å². The molecule has 0 unspecified atom stereocenters. The van der Waals surface area contributed by atoms with Crippen LogP contribution in [-0.2, 0) is 10.2 Å². The largest absolute Gasteiger partial charge is 0.380 e. The average Bonchev–Trinajstić information content (AvgIpc) is 3.49. The molecular formula is C25H32Cl2N4O. The number of hydrogen-bond donors (Lipinski definition) is 1. The number of likely N-dealkylation sites (tertiary alicyclic amines) is 1. The quantitative estimate of drug-likeness (QED) is 0.624. The summed E-state index contributed by atoms with van der Waals surface area (Å²) >= 11 is 0. The average molecular weight is 475 g/mol. The normalized spacial score (nSPS) is 26.9. The molecule has 6 rings (SSSR count). The van der Waals surface area contributed by atoms with Crippen molar-refractivity contribution >= 4 is 30.5 Å². The van der Waals surface area contributed by atoms with Gasteiger partial charge in [0.2, 0.25) is 0 Å². The zero-order valence-corrected chi connectivity index (χ0v) is 19.9. The number of imidazole rings is 1. The standard InChI is InChI=1S/C25H30N4O.2ClH/c1-2-6-20(7-3-1)25(22-15-29-11-5-4-8-23(29)27-22)9-12-28(13-10-25)18-24-17-26-14-21(24)16-30-19-24;;/h1-8,11,15,21,26H,9-10,12-14,16-19H2;2*1H/t21-,24-;;/m0../s1. The molecule has 0 radical (unpaired) electrons. The number of halogens is 2. The van der Waals surface area contributed by atoms with E-state index in [1.54, 1.807) is 0 Å². The van der Waals surface area contributed by atoms with Crippen LogP contribution >= 0.6 is 24.8 Å². The fraction of sp³-hybridized carbons (Fsp3) is 0.480. The van der Waals surface area contributed by atoms with Crippen molar-refractivity contribution in [2.75, 3.05) is 45.9 Å². The highest BCUT2D eigenvalue weighted by atomic mass is 35.5. The number of aromatic nitrogens is 2. The molecule has 0 spiro atoms. The minimum Gasteiger partial charge on any atom is -0.380 e. The summed E-state index contributed by atoms with van der Waals surface area (Å²) in [5.41, 5.74) is 3.95. The fourth-order valence-corrected chi connectivity index (χ4v) is 6.05. The van der Waals surface area contributed by atoms with Gasteiger partial charge in [0.05, 0.1) is 18.9 Å². The van der Waals surface area contributed by atoms with Crippen molar-refractivity contribution in [1.82, 2.24) is 19.6 Å². The van der Waals surface area contributed by atoms with Gasteiger partial charge in [-0.3, -0.25) is 0 Å². The van der Waals surface area contributed by atoms with E-state index >= 15 is 0 Å². The third kappa shape index (κ3) is 3.84. The van der Waals surface area contributed by atoms with Crippen molar-refractivity contribution in [3.8, 4) is 0 Å². The van der Waals surface area contributed by atoms with E-state index in [-0.39, 0.29) is 30.2 Å². The Hall–Kier alpha value is -1.63. The summed E-state index contributed by atoms with van der Waals surface area (Å²) in [4.78, 5) is 7.77. The van der Waals surface area contributed by atoms with Crippen LogP contribution < -0.4 is 5.32 Å². The Morgan fingerprint density at radius 1 is 1.03 bits per heavy atom. The number of ether oxygens (including phenoxy) is 1. The molecule has 2 atom stereocenters. The molecule has 0 saturated carbocycles. The van der Waals surface area contributed by atoms with Crippen molar-refractivity contribution in [2.45, 2.75) is 18.3 Å². The van der Waals surface area contributed by atoms with Gasteiger partial charge in [-0.2, -0.15) is 0 Å². The lowest BCUT2D eigenvalue weighted by Crippen LogP contribution is -2.49. The van der Waals surface area contributed by atoms with Crippen LogP contribution in [0, 0.1) is 11.3 Å². The van der Waals surface area contributed by atoms with Gasteiger partial charge in [0, 0.05) is 48.8 Å². The van der Waals surface area contributed by atoms with Crippen molar-refractivity contribution in [3.63, 3.8) is 0 Å². The van der Waals surface area contributed by atoms with Crippen LogP contribution in [0.4, 0.5) is 0 Å². The first-order chi connectivity index (χ1) is 14.8. The number of rotatable bonds is 4. The monoisotopic (exact) mass is 474 g/mol. The van der Waals surface area contributed by atoms with Crippen molar-refractivity contribution in [3.05, 3.63) is 72.2 Å². The van der Waals surface area contributed by atoms with E-state index in [1.807, 2.05) is 0 Å². The van der Waals surface area contributed by atoms with Gasteiger partial charge in [0.1, 0.15) is 5.65 Å². The minimum atomic E-state index is -0.0129. The maximum atomic E-state index is 5.89. The van der Waals surface area contributed by atoms with Crippen LogP contribution in [0.2, 0.25) is 0 Å². The van der Waals surface area contributed by atoms with Gasteiger partial charge in [-0.05, 0) is 43.6 Å². The molecule has 3 aliphatic rings. The second-order valence-corrected chi connectivity index (χ2v) is 9.52. The molecule has 1 N–H and O–H groups in total. The fourth-order valence-electron chi connectivity index (χ4n) is 6.05. The molecule has 3 aromatic rings. The molecule has 0 bridgehead atoms. The van der Waals surface area contributed by atoms with Gasteiger partial charge >= 0.3 is 0 Å². The summed E-state index contributed by atoms with van der Waals surface area (Å²) in [5, 5.41) is 3.62. The number of benzene rings is 1. The van der Waals surface area contributed by atoms with Gasteiger partial charge in [0.15, 0.2) is 0 Å². The number of nitrogens with zero attached hydrogens (tertiary/aromatic N) is 3. The van der Waals surface area contributed by atoms with Crippen LogP contribution in [0.1, 0.15) is 24.1 Å². The van der Waals surface area contributed by atoms with E-state index < -0.39 is 0 Å². The summed E-state index contributed by atoms with van der Waals surface area (Å²) in [6.45, 7) is 7.43. The van der Waals surface area contributed by atoms with Gasteiger partial charge < -0.3 is 19.4 Å². The molecule has 32 heavy (non-hydrogen) atoms. The zero-order valence-electron chi connectivity index (χ0n) is 18.3. The summed E-state index contributed by atoms with van der Waals surface area (Å²) in [7, 11) is 0. The number of fused-ring (bicyclic) bond motifs is 2. The molecule has 5 nitrogen and oxygen atoms in total. The maximum Gasteiger partial charge on any atom is 0.137 e. The Morgan fingerprint density at radius 3 is 2.59 bits per heavy atom. The molecule has 3 fully saturated rings. The second-order valence-electron chi connectivity index (χ2n) is 9.52. The summed E-state index contributed by atoms with van der Waals surface area (Å²) in [6.07, 6.45) is 6.57. The highest BCUT2D eigenvalue weighted by Gasteiger charge is 2.49.